The van der Waals surface area contributed by atoms with E-state index in [2.05, 4.69) is 46.6 Å². The first kappa shape index (κ1) is 58.4. The Kier molecular flexibility index (Phi) is 18.3. The van der Waals surface area contributed by atoms with E-state index >= 15 is 8.78 Å². The van der Waals surface area contributed by atoms with Gasteiger partial charge in [0.2, 0.25) is 17.7 Å². The van der Waals surface area contributed by atoms with Crippen LogP contribution in [0.1, 0.15) is 127 Å². The van der Waals surface area contributed by atoms with Gasteiger partial charge in [-0.05, 0) is 92.1 Å². The fraction of sp³-hybridized carbons (Fsp3) is 0.508. The van der Waals surface area contributed by atoms with E-state index in [-0.39, 0.29) is 94.9 Å². The molecule has 434 valence electrons. The number of aryl methyl sites for hydroxylation is 1. The van der Waals surface area contributed by atoms with Crippen molar-refractivity contribution in [2.75, 3.05) is 44.2 Å². The Morgan fingerprint density at radius 3 is 2.30 bits per heavy atom. The Labute approximate surface area is 482 Å². The Morgan fingerprint density at radius 2 is 1.62 bits per heavy atom. The number of β-amino-alcohol motifs (C(OH)–C–C–N with tert-alkyl or cyclic N) is 1. The molecular formula is C63H76F2N10O6S. The Balaban J connectivity index is 0.647. The number of anilines is 1. The maximum atomic E-state index is 17.1. The monoisotopic (exact) mass is 1140 g/mol. The summed E-state index contributed by atoms with van der Waals surface area (Å²) in [5.74, 6) is 0.558. The summed E-state index contributed by atoms with van der Waals surface area (Å²) >= 11 is 1.58. The number of aliphatic hydroxyl groups excluding tert-OH is 1. The molecule has 0 spiro atoms. The van der Waals surface area contributed by atoms with Crippen LogP contribution in [0.15, 0.2) is 60.2 Å². The molecule has 0 saturated carbocycles. The number of phenolic OH excluding ortho intramolecular Hbond substituents is 1. The number of fused-ring (bicyclic) bond motifs is 4. The summed E-state index contributed by atoms with van der Waals surface area (Å²) in [5.41, 5.74) is 4.17. The Hall–Kier alpha value is -6.85. The van der Waals surface area contributed by atoms with E-state index < -0.39 is 35.2 Å². The lowest BCUT2D eigenvalue weighted by Crippen LogP contribution is -2.57. The number of nitrogens with zero attached hydrogens (tertiary/aromatic N) is 7. The molecule has 4 aliphatic rings. The van der Waals surface area contributed by atoms with Crippen molar-refractivity contribution in [2.45, 2.75) is 161 Å². The number of rotatable bonds is 21. The van der Waals surface area contributed by atoms with Gasteiger partial charge in [-0.15, -0.1) is 17.8 Å². The number of carbonyl (C=O) groups is 3. The highest BCUT2D eigenvalue weighted by Gasteiger charge is 2.44. The number of benzene rings is 3. The number of carbonyl (C=O) groups excluding carboxylic acids is 3. The van der Waals surface area contributed by atoms with Crippen molar-refractivity contribution in [3.05, 3.63) is 88.7 Å². The molecule has 3 aromatic carbocycles. The second-order valence-corrected chi connectivity index (χ2v) is 24.8. The average Bonchev–Trinajstić information content (AvgIpc) is 2.10. The number of aromatic nitrogens is 4. The predicted molar refractivity (Wildman–Crippen MR) is 315 cm³/mol. The van der Waals surface area contributed by atoms with Crippen molar-refractivity contribution in [1.82, 2.24) is 45.7 Å². The predicted octanol–water partition coefficient (Wildman–Crippen LogP) is 9.35. The second-order valence-electron chi connectivity index (χ2n) is 23.9. The summed E-state index contributed by atoms with van der Waals surface area (Å²) in [4.78, 5) is 66.6. The van der Waals surface area contributed by atoms with Gasteiger partial charge in [0.25, 0.3) is 0 Å². The lowest BCUT2D eigenvalue weighted by atomic mass is 9.85. The van der Waals surface area contributed by atoms with Crippen LogP contribution in [0.4, 0.5) is 14.6 Å². The molecular weight excluding hydrogens is 1060 g/mol. The van der Waals surface area contributed by atoms with Gasteiger partial charge in [0.1, 0.15) is 46.8 Å². The smallest absolute Gasteiger partial charge is 0.319 e. The van der Waals surface area contributed by atoms with Crippen LogP contribution in [-0.2, 0) is 20.9 Å². The first-order valence-electron chi connectivity index (χ1n) is 29.2. The number of terminal acetylenes is 1. The third-order valence-corrected chi connectivity index (χ3v) is 17.7. The van der Waals surface area contributed by atoms with Gasteiger partial charge < -0.3 is 45.6 Å². The minimum atomic E-state index is -0.860. The summed E-state index contributed by atoms with van der Waals surface area (Å²) in [5, 5.41) is 32.1. The summed E-state index contributed by atoms with van der Waals surface area (Å²) in [6.45, 7) is 12.1. The Morgan fingerprint density at radius 1 is 0.915 bits per heavy atom. The van der Waals surface area contributed by atoms with Crippen LogP contribution in [0.3, 0.4) is 0 Å². The van der Waals surface area contributed by atoms with Crippen LogP contribution in [0.5, 0.6) is 11.8 Å². The van der Waals surface area contributed by atoms with Gasteiger partial charge in [0.15, 0.2) is 5.82 Å². The number of hydrogen-bond donors (Lipinski definition) is 5. The molecule has 7 heterocycles. The number of aliphatic hydroxyl groups is 1. The number of amides is 3. The van der Waals surface area contributed by atoms with Crippen molar-refractivity contribution < 1.29 is 38.1 Å². The van der Waals surface area contributed by atoms with Crippen LogP contribution in [0, 0.1) is 36.3 Å². The number of nitrogens with one attached hydrogen (secondary N) is 3. The van der Waals surface area contributed by atoms with Crippen LogP contribution < -0.4 is 25.6 Å². The number of aromatic hydroxyl groups is 1. The summed E-state index contributed by atoms with van der Waals surface area (Å²) in [6.07, 6.45) is 18.6. The molecule has 82 heavy (non-hydrogen) atoms. The van der Waals surface area contributed by atoms with Gasteiger partial charge in [0, 0.05) is 81.3 Å². The maximum Gasteiger partial charge on any atom is 0.319 e. The lowest BCUT2D eigenvalue weighted by molar-refractivity contribution is -0.144. The van der Waals surface area contributed by atoms with Gasteiger partial charge in [0.05, 0.1) is 33.1 Å². The molecule has 3 unspecified atom stereocenters. The number of halogens is 2. The van der Waals surface area contributed by atoms with Gasteiger partial charge in [-0.1, -0.05) is 95.5 Å². The molecule has 5 atom stereocenters. The molecule has 16 nitrogen and oxygen atoms in total. The third-order valence-electron chi connectivity index (χ3n) is 16.8. The van der Waals surface area contributed by atoms with Gasteiger partial charge in [-0.3, -0.25) is 19.4 Å². The number of thiazole rings is 1. The number of hydrogen-bond acceptors (Lipinski definition) is 14. The number of unbranched alkanes of at least 4 members (excludes halogenated alkanes) is 7. The normalized spacial score (nSPS) is 19.9. The number of likely N-dealkylation sites (tertiary alicyclic amines) is 2. The molecule has 6 aromatic rings. The highest BCUT2D eigenvalue weighted by atomic mass is 32.1. The SMILES string of the molecule is C#Cc1c(F)ccc2cc(O)cc(-c3ncc4c(N5CC6CCC(C5)N6)nc(OC5CCN(CCCCCCCCCCC(=O)NC(C(=O)N6C[C@H](O)C[C@H]6C(=O)NCc6ccc(-c7scnc7C)cc6)C(C)(C)C)CC5)nc4c3F)c12. The molecule has 4 aliphatic heterocycles. The highest BCUT2D eigenvalue weighted by Crippen LogP contribution is 2.40. The van der Waals surface area contributed by atoms with Crippen LogP contribution in [0.2, 0.25) is 0 Å². The standard InChI is InChI=1S/C63H76F2N10O6S/c1-6-47-50(64)23-20-41-29-44(76)30-48(53(41)47)55-54(65)56-49(33-66-55)59(74-34-42-21-22-43(35-74)69-42)72-62(71-56)81-46-24-27-73(28-25-46)26-14-12-10-8-7-9-11-13-15-52(78)70-58(63(3,4)5)61(80)75-36-45(77)31-51(75)60(79)67-32-39-16-18-40(19-17-39)57-38(2)68-37-82-57/h1,16-20,23,29-30,33,37,42-43,45-46,51,58,69,76-77H,7-15,21-22,24-28,31-32,34-36H2,2-5H3,(H,67,79)(H,70,78)/t42?,43?,45-,51+,58?/m1/s1. The molecule has 10 rings (SSSR count). The van der Waals surface area contributed by atoms with Crippen molar-refractivity contribution in [3.8, 4) is 45.8 Å². The van der Waals surface area contributed by atoms with Crippen molar-refractivity contribution in [2.24, 2.45) is 5.41 Å². The van der Waals surface area contributed by atoms with E-state index in [9.17, 15) is 24.6 Å². The number of pyridine rings is 1. The molecule has 2 bridgehead atoms. The number of ether oxygens (including phenoxy) is 1. The van der Waals surface area contributed by atoms with Crippen LogP contribution in [0.25, 0.3) is 43.4 Å². The first-order chi connectivity index (χ1) is 39.5. The van der Waals surface area contributed by atoms with Gasteiger partial charge >= 0.3 is 6.01 Å². The molecule has 4 fully saturated rings. The van der Waals surface area contributed by atoms with E-state index in [0.717, 1.165) is 112 Å². The van der Waals surface area contributed by atoms with Crippen molar-refractivity contribution >= 4 is 56.6 Å². The first-order valence-corrected chi connectivity index (χ1v) is 30.1. The zero-order chi connectivity index (χ0) is 57.7. The molecule has 19 heteroatoms. The fourth-order valence-electron chi connectivity index (χ4n) is 12.3. The molecule has 3 aromatic heterocycles. The summed E-state index contributed by atoms with van der Waals surface area (Å²) in [7, 11) is 0. The van der Waals surface area contributed by atoms with E-state index in [1.54, 1.807) is 17.5 Å². The minimum Gasteiger partial charge on any atom is -0.508 e. The van der Waals surface area contributed by atoms with Crippen LogP contribution in [-0.4, -0.2) is 133 Å². The van der Waals surface area contributed by atoms with Crippen LogP contribution >= 0.6 is 11.3 Å². The van der Waals surface area contributed by atoms with Gasteiger partial charge in [-0.2, -0.15) is 9.97 Å². The molecule has 4 saturated heterocycles. The van der Waals surface area contributed by atoms with Crippen molar-refractivity contribution in [1.29, 1.82) is 0 Å². The summed E-state index contributed by atoms with van der Waals surface area (Å²) < 4.78 is 38.6. The Bertz CT molecular complexity index is 3310. The third kappa shape index (κ3) is 13.5. The number of piperazine rings is 1. The average molecular weight is 1140 g/mol. The largest absolute Gasteiger partial charge is 0.508 e. The zero-order valence-corrected chi connectivity index (χ0v) is 48.3. The second kappa shape index (κ2) is 25.7. The number of phenols is 1. The highest BCUT2D eigenvalue weighted by molar-refractivity contribution is 7.13. The van der Waals surface area contributed by atoms with E-state index in [1.807, 2.05) is 57.5 Å². The molecule has 0 aliphatic carbocycles. The molecule has 5 N–H and O–H groups in total. The number of piperidine rings is 1. The topological polar surface area (TPSA) is 198 Å². The summed E-state index contributed by atoms with van der Waals surface area (Å²) in [6, 6.07) is 12.4. The van der Waals surface area contributed by atoms with E-state index in [0.29, 0.717) is 42.5 Å². The van der Waals surface area contributed by atoms with E-state index in [4.69, 9.17) is 16.1 Å². The van der Waals surface area contributed by atoms with Crippen molar-refractivity contribution in [3.63, 3.8) is 0 Å². The quantitative estimate of drug-likeness (QED) is 0.0338. The minimum absolute atomic E-state index is 0.0255. The lowest BCUT2D eigenvalue weighted by Gasteiger charge is -2.35. The maximum absolute atomic E-state index is 17.1. The fourth-order valence-corrected chi connectivity index (χ4v) is 13.1. The molecule has 3 amide bonds. The van der Waals surface area contributed by atoms with Gasteiger partial charge in [-0.25, -0.2) is 13.8 Å². The van der Waals surface area contributed by atoms with E-state index in [1.165, 1.54) is 29.2 Å². The zero-order valence-electron chi connectivity index (χ0n) is 47.5. The molecule has 0 radical (unpaired) electrons.